The number of aliphatic hydroxyl groups is 1. The topological polar surface area (TPSA) is 114 Å². The second-order valence-electron chi connectivity index (χ2n) is 14.2. The normalized spacial score (nSPS) is 12.5. The smallest absolute Gasteiger partial charge is 0.330 e. The molecule has 0 aromatic heterocycles. The quantitative estimate of drug-likeness (QED) is 0.0424. The van der Waals surface area contributed by atoms with E-state index in [9.17, 15) is 19.5 Å². The predicted molar refractivity (Wildman–Crippen MR) is 212 cm³/mol. The van der Waals surface area contributed by atoms with Gasteiger partial charge in [0.2, 0.25) is 5.91 Å². The number of methoxy groups -OCH3 is 1. The SMILES string of the molecule is CCCCCCCCCCCCCCCCN[C@H](CSCCOC(=O)CCCCCCCCCCCCCCC)C(=O)N[C@@H](CO)C(=O)OC. The summed E-state index contributed by atoms with van der Waals surface area (Å²) in [6.07, 6.45) is 35.2. The molecule has 0 spiro atoms. The first-order chi connectivity index (χ1) is 24.5. The zero-order valence-corrected chi connectivity index (χ0v) is 33.7. The molecular weight excluding hydrogens is 649 g/mol. The lowest BCUT2D eigenvalue weighted by Gasteiger charge is -2.21. The van der Waals surface area contributed by atoms with E-state index in [1.807, 2.05) is 0 Å². The van der Waals surface area contributed by atoms with Gasteiger partial charge in [0, 0.05) is 17.9 Å². The minimum absolute atomic E-state index is 0.150. The number of unbranched alkanes of at least 4 members (excludes halogenated alkanes) is 25. The summed E-state index contributed by atoms with van der Waals surface area (Å²) in [5.41, 5.74) is 0. The third-order valence-electron chi connectivity index (χ3n) is 9.48. The number of aliphatic hydroxyl groups excluding tert-OH is 1. The number of ether oxygens (including phenoxy) is 2. The molecule has 0 saturated carbocycles. The van der Waals surface area contributed by atoms with Crippen LogP contribution in [0.15, 0.2) is 0 Å². The first-order valence-electron chi connectivity index (χ1n) is 21.0. The molecule has 0 aromatic carbocycles. The molecule has 0 aliphatic carbocycles. The number of rotatable bonds is 39. The van der Waals surface area contributed by atoms with E-state index in [2.05, 4.69) is 24.5 Å². The van der Waals surface area contributed by atoms with Gasteiger partial charge in [0.1, 0.15) is 6.61 Å². The Labute approximate surface area is 312 Å². The molecule has 296 valence electrons. The maximum atomic E-state index is 13.0. The minimum atomic E-state index is -1.09. The fraction of sp³-hybridized carbons (Fsp3) is 0.927. The van der Waals surface area contributed by atoms with E-state index in [0.29, 0.717) is 31.1 Å². The van der Waals surface area contributed by atoms with Crippen LogP contribution < -0.4 is 10.6 Å². The van der Waals surface area contributed by atoms with Gasteiger partial charge < -0.3 is 25.2 Å². The molecule has 1 amide bonds. The fourth-order valence-electron chi connectivity index (χ4n) is 6.19. The Balaban J connectivity index is 4.11. The van der Waals surface area contributed by atoms with E-state index < -0.39 is 24.7 Å². The average molecular weight is 729 g/mol. The average Bonchev–Trinajstić information content (AvgIpc) is 3.12. The number of amides is 1. The van der Waals surface area contributed by atoms with Gasteiger partial charge in [0.05, 0.1) is 19.8 Å². The van der Waals surface area contributed by atoms with Crippen LogP contribution in [0.2, 0.25) is 0 Å². The van der Waals surface area contributed by atoms with Crippen LogP contribution in [-0.4, -0.2) is 73.4 Å². The van der Waals surface area contributed by atoms with Crippen LogP contribution in [0.1, 0.15) is 194 Å². The molecule has 0 aliphatic rings. The Bertz CT molecular complexity index is 771. The van der Waals surface area contributed by atoms with Crippen LogP contribution in [0.5, 0.6) is 0 Å². The van der Waals surface area contributed by atoms with Crippen molar-refractivity contribution in [3.05, 3.63) is 0 Å². The standard InChI is InChI=1S/C41H80N2O6S/c1-4-6-8-10-12-14-16-18-20-22-24-26-28-30-32-42-38(40(46)43-37(35-44)41(47)48-3)36-50-34-33-49-39(45)31-29-27-25-23-21-19-17-15-13-11-9-7-5-2/h37-38,42,44H,4-36H2,1-3H3,(H,43,46)/t37-,38+/m0/s1. The summed E-state index contributed by atoms with van der Waals surface area (Å²) in [7, 11) is 1.23. The van der Waals surface area contributed by atoms with Crippen molar-refractivity contribution in [3.63, 3.8) is 0 Å². The highest BCUT2D eigenvalue weighted by molar-refractivity contribution is 7.99. The van der Waals surface area contributed by atoms with E-state index in [1.54, 1.807) is 0 Å². The zero-order chi connectivity index (χ0) is 36.8. The van der Waals surface area contributed by atoms with Crippen LogP contribution in [0.25, 0.3) is 0 Å². The number of hydrogen-bond donors (Lipinski definition) is 3. The van der Waals surface area contributed by atoms with Crippen molar-refractivity contribution in [3.8, 4) is 0 Å². The zero-order valence-electron chi connectivity index (χ0n) is 32.9. The van der Waals surface area contributed by atoms with Crippen molar-refractivity contribution in [1.29, 1.82) is 0 Å². The van der Waals surface area contributed by atoms with E-state index in [1.165, 1.54) is 167 Å². The van der Waals surface area contributed by atoms with Crippen molar-refractivity contribution in [2.24, 2.45) is 0 Å². The van der Waals surface area contributed by atoms with E-state index in [0.717, 1.165) is 25.7 Å². The molecule has 0 fully saturated rings. The van der Waals surface area contributed by atoms with Gasteiger partial charge >= 0.3 is 11.9 Å². The molecule has 0 aromatic rings. The minimum Gasteiger partial charge on any atom is -0.467 e. The number of thioether (sulfide) groups is 1. The Morgan fingerprint density at radius 1 is 0.600 bits per heavy atom. The molecule has 0 bridgehead atoms. The lowest BCUT2D eigenvalue weighted by atomic mass is 10.0. The Kier molecular flexibility index (Phi) is 37.9. The first kappa shape index (κ1) is 48.7. The van der Waals surface area contributed by atoms with Gasteiger partial charge in [-0.05, 0) is 19.4 Å². The first-order valence-corrected chi connectivity index (χ1v) is 22.1. The Morgan fingerprint density at radius 3 is 1.44 bits per heavy atom. The molecule has 0 radical (unpaired) electrons. The Hall–Kier alpha value is -1.32. The number of nitrogens with one attached hydrogen (secondary N) is 2. The second-order valence-corrected chi connectivity index (χ2v) is 15.3. The van der Waals surface area contributed by atoms with Gasteiger partial charge in [-0.1, -0.05) is 174 Å². The molecule has 3 N–H and O–H groups in total. The van der Waals surface area contributed by atoms with Crippen molar-refractivity contribution in [1.82, 2.24) is 10.6 Å². The molecule has 50 heavy (non-hydrogen) atoms. The van der Waals surface area contributed by atoms with Crippen molar-refractivity contribution < 1.29 is 29.0 Å². The van der Waals surface area contributed by atoms with E-state index in [-0.39, 0.29) is 11.9 Å². The molecule has 9 heteroatoms. The third-order valence-corrected chi connectivity index (χ3v) is 10.5. The van der Waals surface area contributed by atoms with Crippen molar-refractivity contribution in [2.75, 3.05) is 38.4 Å². The third kappa shape index (κ3) is 32.6. The molecule has 2 atom stereocenters. The summed E-state index contributed by atoms with van der Waals surface area (Å²) in [6, 6.07) is -1.61. The molecule has 0 heterocycles. The number of carbonyl (C=O) groups excluding carboxylic acids is 3. The summed E-state index contributed by atoms with van der Waals surface area (Å²) >= 11 is 1.54. The van der Waals surface area contributed by atoms with E-state index >= 15 is 0 Å². The molecule has 0 rings (SSSR count). The fourth-order valence-corrected chi connectivity index (χ4v) is 7.06. The number of carbonyl (C=O) groups is 3. The summed E-state index contributed by atoms with van der Waals surface area (Å²) in [4.78, 5) is 37.1. The molecular formula is C41H80N2O6S. The molecule has 0 unspecified atom stereocenters. The Morgan fingerprint density at radius 2 is 1.02 bits per heavy atom. The highest BCUT2D eigenvalue weighted by Gasteiger charge is 2.25. The van der Waals surface area contributed by atoms with Crippen LogP contribution in [0, 0.1) is 0 Å². The van der Waals surface area contributed by atoms with Gasteiger partial charge in [-0.3, -0.25) is 9.59 Å². The van der Waals surface area contributed by atoms with Crippen molar-refractivity contribution in [2.45, 2.75) is 206 Å². The molecule has 0 saturated heterocycles. The molecule has 0 aliphatic heterocycles. The summed E-state index contributed by atoms with van der Waals surface area (Å²) in [5.74, 6) is -0.0981. The van der Waals surface area contributed by atoms with Gasteiger partial charge in [0.15, 0.2) is 6.04 Å². The van der Waals surface area contributed by atoms with Crippen molar-refractivity contribution >= 4 is 29.6 Å². The summed E-state index contributed by atoms with van der Waals surface area (Å²) in [5, 5.41) is 15.5. The highest BCUT2D eigenvalue weighted by atomic mass is 32.2. The van der Waals surface area contributed by atoms with E-state index in [4.69, 9.17) is 9.47 Å². The largest absolute Gasteiger partial charge is 0.467 e. The molecule has 8 nitrogen and oxygen atoms in total. The summed E-state index contributed by atoms with van der Waals surface area (Å²) < 4.78 is 10.1. The number of hydrogen-bond acceptors (Lipinski definition) is 8. The predicted octanol–water partition coefficient (Wildman–Crippen LogP) is 9.83. The number of esters is 2. The lowest BCUT2D eigenvalue weighted by molar-refractivity contribution is -0.146. The van der Waals surface area contributed by atoms with Crippen LogP contribution >= 0.6 is 11.8 Å². The summed E-state index contributed by atoms with van der Waals surface area (Å²) in [6.45, 7) is 5.02. The monoisotopic (exact) mass is 729 g/mol. The van der Waals surface area contributed by atoms with Crippen LogP contribution in [0.3, 0.4) is 0 Å². The van der Waals surface area contributed by atoms with Crippen LogP contribution in [-0.2, 0) is 23.9 Å². The van der Waals surface area contributed by atoms with Gasteiger partial charge in [-0.2, -0.15) is 11.8 Å². The maximum absolute atomic E-state index is 13.0. The van der Waals surface area contributed by atoms with Gasteiger partial charge in [0.25, 0.3) is 0 Å². The maximum Gasteiger partial charge on any atom is 0.330 e. The van der Waals surface area contributed by atoms with Gasteiger partial charge in [-0.15, -0.1) is 0 Å². The van der Waals surface area contributed by atoms with Crippen LogP contribution in [0.4, 0.5) is 0 Å². The van der Waals surface area contributed by atoms with Gasteiger partial charge in [-0.25, -0.2) is 4.79 Å². The highest BCUT2D eigenvalue weighted by Crippen LogP contribution is 2.15. The lowest BCUT2D eigenvalue weighted by Crippen LogP contribution is -2.53. The second kappa shape index (κ2) is 38.9.